The molecule has 2 aromatic rings. The third kappa shape index (κ3) is 7.25. The molecule has 0 spiro atoms. The van der Waals surface area contributed by atoms with Crippen LogP contribution in [0.15, 0.2) is 54.6 Å². The summed E-state index contributed by atoms with van der Waals surface area (Å²) in [7, 11) is 0. The van der Waals surface area contributed by atoms with Crippen molar-refractivity contribution in [1.29, 1.82) is 0 Å². The number of rotatable bonds is 8. The third-order valence-corrected chi connectivity index (χ3v) is 4.13. The van der Waals surface area contributed by atoms with Crippen LogP contribution in [-0.2, 0) is 20.7 Å². The molecule has 0 fully saturated rings. The van der Waals surface area contributed by atoms with Crippen molar-refractivity contribution in [3.05, 3.63) is 71.3 Å². The molecule has 0 radical (unpaired) electrons. The maximum Gasteiger partial charge on any atom is 0.331 e. The van der Waals surface area contributed by atoms with Gasteiger partial charge in [-0.3, -0.25) is 9.59 Å². The lowest BCUT2D eigenvalue weighted by molar-refractivity contribution is -0.148. The van der Waals surface area contributed by atoms with Gasteiger partial charge in [0.25, 0.3) is 5.91 Å². The smallest absolute Gasteiger partial charge is 0.331 e. The highest BCUT2D eigenvalue weighted by atomic mass is 16.5. The highest BCUT2D eigenvalue weighted by Gasteiger charge is 2.16. The van der Waals surface area contributed by atoms with Crippen LogP contribution >= 0.6 is 0 Å². The SMILES string of the molecule is CC(C)Cc1ccc(/C=C/C(=O)OC(C)C(=O)Nc2ccc(C(N)=O)cc2)cc1. The number of carbonyl (C=O) groups excluding carboxylic acids is 3. The zero-order valence-corrected chi connectivity index (χ0v) is 16.8. The van der Waals surface area contributed by atoms with Gasteiger partial charge in [0.15, 0.2) is 6.10 Å². The van der Waals surface area contributed by atoms with Gasteiger partial charge in [-0.2, -0.15) is 0 Å². The molecule has 3 N–H and O–H groups in total. The van der Waals surface area contributed by atoms with Gasteiger partial charge in [0.2, 0.25) is 5.91 Å². The van der Waals surface area contributed by atoms with Crippen LogP contribution in [0.2, 0.25) is 0 Å². The van der Waals surface area contributed by atoms with E-state index in [1.165, 1.54) is 30.7 Å². The maximum atomic E-state index is 12.2. The first-order valence-corrected chi connectivity index (χ1v) is 9.43. The predicted molar refractivity (Wildman–Crippen MR) is 113 cm³/mol. The van der Waals surface area contributed by atoms with E-state index in [1.807, 2.05) is 24.3 Å². The summed E-state index contributed by atoms with van der Waals surface area (Å²) in [5, 5.41) is 2.62. The minimum absolute atomic E-state index is 0.338. The number of esters is 1. The molecule has 2 rings (SSSR count). The van der Waals surface area contributed by atoms with Gasteiger partial charge < -0.3 is 15.8 Å². The van der Waals surface area contributed by atoms with E-state index in [1.54, 1.807) is 18.2 Å². The minimum Gasteiger partial charge on any atom is -0.449 e. The Morgan fingerprint density at radius 3 is 2.17 bits per heavy atom. The first kappa shape index (κ1) is 21.9. The van der Waals surface area contributed by atoms with Gasteiger partial charge in [0, 0.05) is 17.3 Å². The number of primary amides is 1. The topological polar surface area (TPSA) is 98.5 Å². The molecule has 6 heteroatoms. The molecule has 29 heavy (non-hydrogen) atoms. The summed E-state index contributed by atoms with van der Waals surface area (Å²) < 4.78 is 5.13. The van der Waals surface area contributed by atoms with Crippen LogP contribution in [0.4, 0.5) is 5.69 Å². The Morgan fingerprint density at radius 2 is 1.62 bits per heavy atom. The van der Waals surface area contributed by atoms with E-state index in [2.05, 4.69) is 19.2 Å². The third-order valence-electron chi connectivity index (χ3n) is 4.13. The van der Waals surface area contributed by atoms with Gasteiger partial charge in [0.05, 0.1) is 0 Å². The van der Waals surface area contributed by atoms with Crippen molar-refractivity contribution < 1.29 is 19.1 Å². The van der Waals surface area contributed by atoms with Crippen LogP contribution in [-0.4, -0.2) is 23.9 Å². The van der Waals surface area contributed by atoms with Crippen molar-refractivity contribution in [1.82, 2.24) is 0 Å². The van der Waals surface area contributed by atoms with E-state index >= 15 is 0 Å². The molecule has 0 heterocycles. The summed E-state index contributed by atoms with van der Waals surface area (Å²) in [6.07, 6.45) is 2.97. The molecule has 0 aliphatic carbocycles. The van der Waals surface area contributed by atoms with E-state index in [0.29, 0.717) is 17.2 Å². The Bertz CT molecular complexity index is 884. The average Bonchev–Trinajstić information content (AvgIpc) is 2.67. The molecule has 0 aromatic heterocycles. The summed E-state index contributed by atoms with van der Waals surface area (Å²) in [5.74, 6) is -1.05. The Hall–Kier alpha value is -3.41. The van der Waals surface area contributed by atoms with Gasteiger partial charge in [-0.15, -0.1) is 0 Å². The number of benzene rings is 2. The largest absolute Gasteiger partial charge is 0.449 e. The second kappa shape index (κ2) is 10.2. The van der Waals surface area contributed by atoms with Crippen molar-refractivity contribution in [2.45, 2.75) is 33.3 Å². The summed E-state index contributed by atoms with van der Waals surface area (Å²) in [6, 6.07) is 14.0. The van der Waals surface area contributed by atoms with Gasteiger partial charge in [0.1, 0.15) is 0 Å². The zero-order valence-electron chi connectivity index (χ0n) is 16.8. The quantitative estimate of drug-likeness (QED) is 0.528. The normalized spacial score (nSPS) is 12.0. The fraction of sp³-hybridized carbons (Fsp3) is 0.261. The molecule has 2 aromatic carbocycles. The number of ether oxygens (including phenoxy) is 1. The van der Waals surface area contributed by atoms with Gasteiger partial charge in [-0.25, -0.2) is 4.79 Å². The summed E-state index contributed by atoms with van der Waals surface area (Å²) in [4.78, 5) is 35.2. The number of nitrogens with two attached hydrogens (primary N) is 1. The van der Waals surface area contributed by atoms with Crippen molar-refractivity contribution in [3.8, 4) is 0 Å². The number of carbonyl (C=O) groups is 3. The Labute approximate surface area is 170 Å². The number of hydrogen-bond acceptors (Lipinski definition) is 4. The molecule has 1 unspecified atom stereocenters. The lowest BCUT2D eigenvalue weighted by Gasteiger charge is -2.12. The summed E-state index contributed by atoms with van der Waals surface area (Å²) in [5.41, 5.74) is 8.11. The lowest BCUT2D eigenvalue weighted by Crippen LogP contribution is -2.29. The van der Waals surface area contributed by atoms with E-state index in [4.69, 9.17) is 10.5 Å². The number of hydrogen-bond donors (Lipinski definition) is 2. The van der Waals surface area contributed by atoms with Crippen LogP contribution in [0, 0.1) is 5.92 Å². The fourth-order valence-corrected chi connectivity index (χ4v) is 2.63. The van der Waals surface area contributed by atoms with Crippen molar-refractivity contribution in [3.63, 3.8) is 0 Å². The summed E-state index contributed by atoms with van der Waals surface area (Å²) in [6.45, 7) is 5.81. The molecule has 0 saturated heterocycles. The predicted octanol–water partition coefficient (Wildman–Crippen LogP) is 3.57. The van der Waals surface area contributed by atoms with Crippen molar-refractivity contribution in [2.24, 2.45) is 11.7 Å². The van der Waals surface area contributed by atoms with Crippen LogP contribution in [0.25, 0.3) is 6.08 Å². The number of amides is 2. The highest BCUT2D eigenvalue weighted by molar-refractivity contribution is 5.97. The zero-order chi connectivity index (χ0) is 21.4. The average molecular weight is 394 g/mol. The van der Waals surface area contributed by atoms with E-state index in [0.717, 1.165) is 12.0 Å². The highest BCUT2D eigenvalue weighted by Crippen LogP contribution is 2.12. The monoisotopic (exact) mass is 394 g/mol. The molecule has 6 nitrogen and oxygen atoms in total. The van der Waals surface area contributed by atoms with E-state index < -0.39 is 23.9 Å². The van der Waals surface area contributed by atoms with Crippen LogP contribution in [0.5, 0.6) is 0 Å². The van der Waals surface area contributed by atoms with Crippen LogP contribution < -0.4 is 11.1 Å². The van der Waals surface area contributed by atoms with Crippen molar-refractivity contribution in [2.75, 3.05) is 5.32 Å². The van der Waals surface area contributed by atoms with Crippen molar-refractivity contribution >= 4 is 29.5 Å². The number of nitrogens with one attached hydrogen (secondary N) is 1. The molecule has 0 aliphatic heterocycles. The molecular weight excluding hydrogens is 368 g/mol. The van der Waals surface area contributed by atoms with E-state index in [-0.39, 0.29) is 0 Å². The maximum absolute atomic E-state index is 12.2. The van der Waals surface area contributed by atoms with Crippen LogP contribution in [0.1, 0.15) is 42.3 Å². The molecule has 1 atom stereocenters. The molecular formula is C23H26N2O4. The first-order chi connectivity index (χ1) is 13.7. The standard InChI is InChI=1S/C23H26N2O4/c1-15(2)14-18-6-4-17(5-7-18)8-13-21(26)29-16(3)23(28)25-20-11-9-19(10-12-20)22(24)27/h4-13,15-16H,14H2,1-3H3,(H2,24,27)(H,25,28)/b13-8+. The fourth-order valence-electron chi connectivity index (χ4n) is 2.63. The van der Waals surface area contributed by atoms with Gasteiger partial charge in [-0.1, -0.05) is 38.1 Å². The molecule has 0 bridgehead atoms. The minimum atomic E-state index is -0.976. The van der Waals surface area contributed by atoms with Crippen LogP contribution in [0.3, 0.4) is 0 Å². The Morgan fingerprint density at radius 1 is 1.00 bits per heavy atom. The van der Waals surface area contributed by atoms with Gasteiger partial charge in [-0.05, 0) is 60.7 Å². The molecule has 0 saturated carbocycles. The second-order valence-electron chi connectivity index (χ2n) is 7.18. The Kier molecular flexibility index (Phi) is 7.71. The lowest BCUT2D eigenvalue weighted by atomic mass is 10.0. The molecule has 0 aliphatic rings. The van der Waals surface area contributed by atoms with E-state index in [9.17, 15) is 14.4 Å². The Balaban J connectivity index is 1.86. The number of anilines is 1. The molecule has 2 amide bonds. The van der Waals surface area contributed by atoms with Gasteiger partial charge >= 0.3 is 5.97 Å². The molecule has 152 valence electrons. The summed E-state index contributed by atoms with van der Waals surface area (Å²) >= 11 is 0. The second-order valence-corrected chi connectivity index (χ2v) is 7.18. The first-order valence-electron chi connectivity index (χ1n) is 9.43.